The Bertz CT molecular complexity index is 757. The molecule has 1 aliphatic heterocycles. The lowest BCUT2D eigenvalue weighted by atomic mass is 10.1. The van der Waals surface area contributed by atoms with Crippen molar-refractivity contribution < 1.29 is 14.6 Å². The fourth-order valence-corrected chi connectivity index (χ4v) is 3.47. The predicted molar refractivity (Wildman–Crippen MR) is 91.8 cm³/mol. The Morgan fingerprint density at radius 2 is 2.04 bits per heavy atom. The summed E-state index contributed by atoms with van der Waals surface area (Å²) >= 11 is 0. The van der Waals surface area contributed by atoms with Crippen LogP contribution in [0.25, 0.3) is 0 Å². The van der Waals surface area contributed by atoms with Gasteiger partial charge in [-0.15, -0.1) is 10.2 Å². The first-order valence-electron chi connectivity index (χ1n) is 8.74. The molecule has 7 nitrogen and oxygen atoms in total. The van der Waals surface area contributed by atoms with Gasteiger partial charge >= 0.3 is 0 Å². The summed E-state index contributed by atoms with van der Waals surface area (Å²) in [7, 11) is 3.23. The number of rotatable bonds is 6. The zero-order valence-electron chi connectivity index (χ0n) is 14.7. The third-order valence-electron chi connectivity index (χ3n) is 5.03. The second-order valence-corrected chi connectivity index (χ2v) is 6.76. The van der Waals surface area contributed by atoms with Gasteiger partial charge < -0.3 is 19.1 Å². The minimum absolute atomic E-state index is 0.523. The first-order chi connectivity index (χ1) is 12.2. The smallest absolute Gasteiger partial charge is 0.147 e. The van der Waals surface area contributed by atoms with Crippen molar-refractivity contribution in [3.8, 4) is 11.5 Å². The second kappa shape index (κ2) is 6.65. The lowest BCUT2D eigenvalue weighted by Crippen LogP contribution is -2.37. The van der Waals surface area contributed by atoms with Gasteiger partial charge in [-0.25, -0.2) is 0 Å². The van der Waals surface area contributed by atoms with E-state index < -0.39 is 6.10 Å². The number of hydrogen-bond acceptors (Lipinski definition) is 6. The number of aliphatic hydroxyl groups excluding tert-OH is 1. The number of aromatic nitrogens is 3. The normalized spacial score (nSPS) is 18.7. The molecule has 2 aromatic rings. The SMILES string of the molecule is COc1ccc(OC)c([C@@H](O)CN2CCn3c(nnc3C3CC3)C2)c1. The van der Waals surface area contributed by atoms with E-state index >= 15 is 0 Å². The Labute approximate surface area is 147 Å². The van der Waals surface area contributed by atoms with Gasteiger partial charge in [0.1, 0.15) is 23.1 Å². The highest BCUT2D eigenvalue weighted by atomic mass is 16.5. The molecule has 0 radical (unpaired) electrons. The molecular formula is C18H24N4O3. The molecule has 0 amide bonds. The van der Waals surface area contributed by atoms with Crippen molar-refractivity contribution in [1.29, 1.82) is 0 Å². The van der Waals surface area contributed by atoms with Gasteiger partial charge in [0.05, 0.1) is 26.9 Å². The number of fused-ring (bicyclic) bond motifs is 1. The molecule has 1 aromatic carbocycles. The van der Waals surface area contributed by atoms with Crippen LogP contribution in [0.15, 0.2) is 18.2 Å². The molecule has 1 aliphatic carbocycles. The van der Waals surface area contributed by atoms with E-state index in [1.807, 2.05) is 18.2 Å². The maximum atomic E-state index is 10.7. The number of methoxy groups -OCH3 is 2. The van der Waals surface area contributed by atoms with Crippen LogP contribution in [0.5, 0.6) is 11.5 Å². The highest BCUT2D eigenvalue weighted by molar-refractivity contribution is 5.41. The van der Waals surface area contributed by atoms with Gasteiger partial charge in [-0.3, -0.25) is 4.90 Å². The number of ether oxygens (including phenoxy) is 2. The first kappa shape index (κ1) is 16.4. The second-order valence-electron chi connectivity index (χ2n) is 6.76. The third-order valence-corrected chi connectivity index (χ3v) is 5.03. The lowest BCUT2D eigenvalue weighted by molar-refractivity contribution is 0.0938. The van der Waals surface area contributed by atoms with Crippen LogP contribution in [-0.2, 0) is 13.1 Å². The number of hydrogen-bond donors (Lipinski definition) is 1. The maximum absolute atomic E-state index is 10.7. The van der Waals surface area contributed by atoms with Crippen molar-refractivity contribution in [2.45, 2.75) is 38.0 Å². The van der Waals surface area contributed by atoms with E-state index in [0.717, 1.165) is 30.3 Å². The summed E-state index contributed by atoms with van der Waals surface area (Å²) in [5.41, 5.74) is 0.743. The average Bonchev–Trinajstić information content (AvgIpc) is 3.40. The van der Waals surface area contributed by atoms with E-state index in [-0.39, 0.29) is 0 Å². The van der Waals surface area contributed by atoms with Crippen LogP contribution in [0.3, 0.4) is 0 Å². The van der Waals surface area contributed by atoms with Crippen LogP contribution >= 0.6 is 0 Å². The van der Waals surface area contributed by atoms with Gasteiger partial charge in [-0.1, -0.05) is 0 Å². The van der Waals surface area contributed by atoms with Crippen LogP contribution in [0.4, 0.5) is 0 Å². The molecule has 7 heteroatoms. The molecule has 2 aliphatic rings. The summed E-state index contributed by atoms with van der Waals surface area (Å²) < 4.78 is 12.9. The Morgan fingerprint density at radius 1 is 1.20 bits per heavy atom. The Hall–Kier alpha value is -2.12. The summed E-state index contributed by atoms with van der Waals surface area (Å²) in [5, 5.41) is 19.5. The minimum atomic E-state index is -0.651. The van der Waals surface area contributed by atoms with Crippen LogP contribution < -0.4 is 9.47 Å². The highest BCUT2D eigenvalue weighted by Gasteiger charge is 2.32. The molecule has 25 heavy (non-hydrogen) atoms. The molecule has 1 N–H and O–H groups in total. The standard InChI is InChI=1S/C18H24N4O3/c1-24-13-5-6-16(25-2)14(9-13)15(23)10-21-7-8-22-17(11-21)19-20-18(22)12-3-4-12/h5-6,9,12,15,23H,3-4,7-8,10-11H2,1-2H3/t15-/m0/s1. The molecule has 134 valence electrons. The van der Waals surface area contributed by atoms with E-state index in [9.17, 15) is 5.11 Å². The summed E-state index contributed by atoms with van der Waals surface area (Å²) in [6, 6.07) is 5.49. The van der Waals surface area contributed by atoms with Crippen LogP contribution in [0, 0.1) is 0 Å². The fraction of sp³-hybridized carbons (Fsp3) is 0.556. The van der Waals surface area contributed by atoms with Crippen molar-refractivity contribution in [2.75, 3.05) is 27.3 Å². The van der Waals surface area contributed by atoms with Crippen LogP contribution in [0.2, 0.25) is 0 Å². The molecular weight excluding hydrogens is 320 g/mol. The van der Waals surface area contributed by atoms with Crippen molar-refractivity contribution in [3.63, 3.8) is 0 Å². The first-order valence-corrected chi connectivity index (χ1v) is 8.74. The third kappa shape index (κ3) is 3.21. The maximum Gasteiger partial charge on any atom is 0.147 e. The topological polar surface area (TPSA) is 72.6 Å². The molecule has 4 rings (SSSR count). The van der Waals surface area contributed by atoms with Crippen LogP contribution in [0.1, 0.15) is 42.1 Å². The van der Waals surface area contributed by atoms with E-state index in [0.29, 0.717) is 30.5 Å². The summed E-state index contributed by atoms with van der Waals surface area (Å²) in [6.45, 7) is 3.00. The number of nitrogens with zero attached hydrogens (tertiary/aromatic N) is 4. The van der Waals surface area contributed by atoms with Gasteiger partial charge in [0, 0.05) is 31.1 Å². The molecule has 0 spiro atoms. The zero-order chi connectivity index (χ0) is 17.4. The Balaban J connectivity index is 1.47. The largest absolute Gasteiger partial charge is 0.497 e. The zero-order valence-corrected chi connectivity index (χ0v) is 14.7. The predicted octanol–water partition coefficient (Wildman–Crippen LogP) is 1.72. The monoisotopic (exact) mass is 344 g/mol. The molecule has 1 fully saturated rings. The highest BCUT2D eigenvalue weighted by Crippen LogP contribution is 2.39. The Morgan fingerprint density at radius 3 is 2.76 bits per heavy atom. The number of aliphatic hydroxyl groups is 1. The summed E-state index contributed by atoms with van der Waals surface area (Å²) in [6.07, 6.45) is 1.81. The molecule has 1 aromatic heterocycles. The van der Waals surface area contributed by atoms with Gasteiger partial charge in [0.15, 0.2) is 0 Å². The van der Waals surface area contributed by atoms with Gasteiger partial charge in [-0.05, 0) is 31.0 Å². The summed E-state index contributed by atoms with van der Waals surface area (Å²) in [4.78, 5) is 2.21. The van der Waals surface area contributed by atoms with Crippen molar-refractivity contribution in [2.24, 2.45) is 0 Å². The molecule has 0 saturated heterocycles. The summed E-state index contributed by atoms with van der Waals surface area (Å²) in [5.74, 6) is 4.13. The van der Waals surface area contributed by atoms with E-state index in [1.54, 1.807) is 14.2 Å². The fourth-order valence-electron chi connectivity index (χ4n) is 3.47. The number of benzene rings is 1. The molecule has 0 bridgehead atoms. The van der Waals surface area contributed by atoms with E-state index in [1.165, 1.54) is 12.8 Å². The molecule has 2 heterocycles. The Kier molecular flexibility index (Phi) is 4.35. The quantitative estimate of drug-likeness (QED) is 0.860. The average molecular weight is 344 g/mol. The molecule has 1 atom stereocenters. The van der Waals surface area contributed by atoms with Crippen molar-refractivity contribution >= 4 is 0 Å². The number of β-amino-alcohol motifs (C(OH)–C–C–N with tert-alkyl or cyclic N) is 1. The van der Waals surface area contributed by atoms with E-state index in [2.05, 4.69) is 19.7 Å². The lowest BCUT2D eigenvalue weighted by Gasteiger charge is -2.30. The minimum Gasteiger partial charge on any atom is -0.497 e. The molecule has 1 saturated carbocycles. The van der Waals surface area contributed by atoms with Crippen LogP contribution in [-0.4, -0.2) is 52.1 Å². The van der Waals surface area contributed by atoms with Gasteiger partial charge in [0.2, 0.25) is 0 Å². The van der Waals surface area contributed by atoms with Gasteiger partial charge in [0.25, 0.3) is 0 Å². The van der Waals surface area contributed by atoms with Gasteiger partial charge in [-0.2, -0.15) is 0 Å². The van der Waals surface area contributed by atoms with E-state index in [4.69, 9.17) is 9.47 Å². The van der Waals surface area contributed by atoms with Crippen molar-refractivity contribution in [3.05, 3.63) is 35.4 Å². The molecule has 0 unspecified atom stereocenters. The van der Waals surface area contributed by atoms with Crippen molar-refractivity contribution in [1.82, 2.24) is 19.7 Å².